The van der Waals surface area contributed by atoms with Gasteiger partial charge in [0.25, 0.3) is 0 Å². The average molecular weight is 284 g/mol. The van der Waals surface area contributed by atoms with Crippen molar-refractivity contribution in [3.63, 3.8) is 0 Å². The van der Waals surface area contributed by atoms with E-state index in [1.54, 1.807) is 0 Å². The Labute approximate surface area is 121 Å². The van der Waals surface area contributed by atoms with Crippen LogP contribution in [0.5, 0.6) is 0 Å². The molecular weight excluding hydrogens is 256 g/mol. The number of ether oxygens (including phenoxy) is 2. The van der Waals surface area contributed by atoms with Crippen molar-refractivity contribution in [2.24, 2.45) is 11.7 Å². The minimum absolute atomic E-state index is 0.0688. The summed E-state index contributed by atoms with van der Waals surface area (Å²) in [6.45, 7) is 7.89. The van der Waals surface area contributed by atoms with Gasteiger partial charge in [-0.1, -0.05) is 6.42 Å². The predicted molar refractivity (Wildman–Crippen MR) is 77.4 cm³/mol. The summed E-state index contributed by atoms with van der Waals surface area (Å²) < 4.78 is 10.4. The third kappa shape index (κ3) is 3.00. The summed E-state index contributed by atoms with van der Waals surface area (Å²) >= 11 is 0. The molecule has 1 aliphatic carbocycles. The SMILES string of the molecule is COC(=O)C1(N)CCCC1CCN1CCOCC1(C)C. The zero-order valence-electron chi connectivity index (χ0n) is 13.0. The van der Waals surface area contributed by atoms with E-state index in [1.807, 2.05) is 0 Å². The van der Waals surface area contributed by atoms with Crippen LogP contribution in [-0.4, -0.2) is 55.4 Å². The van der Waals surface area contributed by atoms with Gasteiger partial charge in [0, 0.05) is 12.1 Å². The second kappa shape index (κ2) is 6.00. The first-order chi connectivity index (χ1) is 9.40. The number of morpholine rings is 1. The van der Waals surface area contributed by atoms with E-state index in [9.17, 15) is 4.79 Å². The number of carbonyl (C=O) groups excluding carboxylic acids is 1. The Balaban J connectivity index is 1.94. The minimum Gasteiger partial charge on any atom is -0.468 e. The fourth-order valence-electron chi connectivity index (χ4n) is 3.58. The van der Waals surface area contributed by atoms with E-state index < -0.39 is 5.54 Å². The fourth-order valence-corrected chi connectivity index (χ4v) is 3.58. The van der Waals surface area contributed by atoms with E-state index in [-0.39, 0.29) is 17.4 Å². The summed E-state index contributed by atoms with van der Waals surface area (Å²) in [7, 11) is 1.43. The van der Waals surface area contributed by atoms with Crippen LogP contribution in [-0.2, 0) is 14.3 Å². The van der Waals surface area contributed by atoms with Crippen molar-refractivity contribution in [1.82, 2.24) is 4.90 Å². The number of esters is 1. The lowest BCUT2D eigenvalue weighted by atomic mass is 9.85. The fraction of sp³-hybridized carbons (Fsp3) is 0.933. The molecular formula is C15H28N2O3. The standard InChI is InChI=1S/C15H28N2O3/c1-14(2)11-20-10-9-17(14)8-6-12-5-4-7-15(12,16)13(18)19-3/h12H,4-11,16H2,1-3H3. The smallest absolute Gasteiger partial charge is 0.326 e. The molecule has 2 unspecified atom stereocenters. The van der Waals surface area contributed by atoms with Gasteiger partial charge in [-0.05, 0) is 45.6 Å². The number of nitrogens with two attached hydrogens (primary N) is 1. The van der Waals surface area contributed by atoms with Crippen molar-refractivity contribution in [2.75, 3.05) is 33.4 Å². The van der Waals surface area contributed by atoms with Gasteiger partial charge < -0.3 is 15.2 Å². The lowest BCUT2D eigenvalue weighted by Gasteiger charge is -2.43. The van der Waals surface area contributed by atoms with Gasteiger partial charge in [-0.2, -0.15) is 0 Å². The Morgan fingerprint density at radius 1 is 1.50 bits per heavy atom. The van der Waals surface area contributed by atoms with Crippen LogP contribution in [0.2, 0.25) is 0 Å². The molecule has 1 aliphatic heterocycles. The Morgan fingerprint density at radius 2 is 2.25 bits per heavy atom. The molecule has 0 aromatic rings. The summed E-state index contributed by atoms with van der Waals surface area (Å²) in [4.78, 5) is 14.4. The van der Waals surface area contributed by atoms with Crippen molar-refractivity contribution in [3.8, 4) is 0 Å². The van der Waals surface area contributed by atoms with E-state index in [0.717, 1.165) is 52.0 Å². The Kier molecular flexibility index (Phi) is 4.72. The van der Waals surface area contributed by atoms with E-state index in [0.29, 0.717) is 0 Å². The van der Waals surface area contributed by atoms with Gasteiger partial charge in [-0.15, -0.1) is 0 Å². The van der Waals surface area contributed by atoms with Gasteiger partial charge in [0.1, 0.15) is 5.54 Å². The highest BCUT2D eigenvalue weighted by Crippen LogP contribution is 2.37. The lowest BCUT2D eigenvalue weighted by molar-refractivity contribution is -0.148. The molecule has 5 nitrogen and oxygen atoms in total. The molecule has 0 amide bonds. The summed E-state index contributed by atoms with van der Waals surface area (Å²) in [6, 6.07) is 0. The topological polar surface area (TPSA) is 64.8 Å². The Bertz CT molecular complexity index is 359. The molecule has 1 heterocycles. The number of nitrogens with zero attached hydrogens (tertiary/aromatic N) is 1. The van der Waals surface area contributed by atoms with E-state index in [4.69, 9.17) is 15.2 Å². The Morgan fingerprint density at radius 3 is 2.90 bits per heavy atom. The van der Waals surface area contributed by atoms with Gasteiger partial charge >= 0.3 is 5.97 Å². The molecule has 0 bridgehead atoms. The van der Waals surface area contributed by atoms with Gasteiger partial charge in [0.2, 0.25) is 0 Å². The average Bonchev–Trinajstić information content (AvgIpc) is 2.79. The van der Waals surface area contributed by atoms with Crippen LogP contribution < -0.4 is 5.73 Å². The minimum atomic E-state index is -0.773. The van der Waals surface area contributed by atoms with Crippen molar-refractivity contribution in [2.45, 2.75) is 50.6 Å². The molecule has 0 aromatic heterocycles. The Hall–Kier alpha value is -0.650. The number of carbonyl (C=O) groups is 1. The van der Waals surface area contributed by atoms with Crippen molar-refractivity contribution < 1.29 is 14.3 Å². The second-order valence-corrected chi connectivity index (χ2v) is 6.76. The molecule has 1 saturated heterocycles. The molecule has 0 aromatic carbocycles. The maximum absolute atomic E-state index is 11.9. The van der Waals surface area contributed by atoms with Crippen LogP contribution in [0.4, 0.5) is 0 Å². The zero-order valence-corrected chi connectivity index (χ0v) is 13.0. The van der Waals surface area contributed by atoms with Gasteiger partial charge in [0.05, 0.1) is 20.3 Å². The van der Waals surface area contributed by atoms with Crippen molar-refractivity contribution in [1.29, 1.82) is 0 Å². The van der Waals surface area contributed by atoms with Gasteiger partial charge in [-0.25, -0.2) is 0 Å². The normalized spacial score (nSPS) is 34.1. The number of methoxy groups -OCH3 is 1. The summed E-state index contributed by atoms with van der Waals surface area (Å²) in [6.07, 6.45) is 3.74. The zero-order chi connectivity index (χ0) is 14.8. The predicted octanol–water partition coefficient (Wildman–Crippen LogP) is 1.16. The van der Waals surface area contributed by atoms with Crippen molar-refractivity contribution in [3.05, 3.63) is 0 Å². The highest BCUT2D eigenvalue weighted by Gasteiger charge is 2.46. The first kappa shape index (κ1) is 15.7. The summed E-state index contributed by atoms with van der Waals surface area (Å²) in [5.74, 6) is -0.0187. The maximum atomic E-state index is 11.9. The first-order valence-corrected chi connectivity index (χ1v) is 7.60. The second-order valence-electron chi connectivity index (χ2n) is 6.76. The molecule has 2 N–H and O–H groups in total. The van der Waals surface area contributed by atoms with Crippen LogP contribution in [0.3, 0.4) is 0 Å². The third-order valence-electron chi connectivity index (χ3n) is 5.00. The molecule has 116 valence electrons. The molecule has 0 radical (unpaired) electrons. The van der Waals surface area contributed by atoms with Crippen LogP contribution in [0.1, 0.15) is 39.5 Å². The maximum Gasteiger partial charge on any atom is 0.326 e. The largest absolute Gasteiger partial charge is 0.468 e. The first-order valence-electron chi connectivity index (χ1n) is 7.60. The number of rotatable bonds is 4. The molecule has 2 rings (SSSR count). The van der Waals surface area contributed by atoms with Crippen LogP contribution in [0, 0.1) is 5.92 Å². The quantitative estimate of drug-likeness (QED) is 0.785. The van der Waals surface area contributed by atoms with Crippen LogP contribution in [0.15, 0.2) is 0 Å². The molecule has 2 aliphatic rings. The van der Waals surface area contributed by atoms with E-state index in [2.05, 4.69) is 18.7 Å². The van der Waals surface area contributed by atoms with Crippen molar-refractivity contribution >= 4 is 5.97 Å². The van der Waals surface area contributed by atoms with Crippen LogP contribution >= 0.6 is 0 Å². The molecule has 5 heteroatoms. The molecule has 0 spiro atoms. The molecule has 2 fully saturated rings. The highest BCUT2D eigenvalue weighted by atomic mass is 16.5. The summed E-state index contributed by atoms with van der Waals surface area (Å²) in [5.41, 5.74) is 5.62. The van der Waals surface area contributed by atoms with E-state index in [1.165, 1.54) is 7.11 Å². The number of hydrogen-bond donors (Lipinski definition) is 1. The lowest BCUT2D eigenvalue weighted by Crippen LogP contribution is -2.55. The molecule has 1 saturated carbocycles. The summed E-state index contributed by atoms with van der Waals surface area (Å²) in [5, 5.41) is 0. The van der Waals surface area contributed by atoms with Crippen LogP contribution in [0.25, 0.3) is 0 Å². The third-order valence-corrected chi connectivity index (χ3v) is 5.00. The van der Waals surface area contributed by atoms with Gasteiger partial charge in [-0.3, -0.25) is 9.69 Å². The van der Waals surface area contributed by atoms with Gasteiger partial charge in [0.15, 0.2) is 0 Å². The molecule has 20 heavy (non-hydrogen) atoms. The number of hydrogen-bond acceptors (Lipinski definition) is 5. The van der Waals surface area contributed by atoms with E-state index >= 15 is 0 Å². The highest BCUT2D eigenvalue weighted by molar-refractivity contribution is 5.81. The molecule has 2 atom stereocenters. The monoisotopic (exact) mass is 284 g/mol.